The van der Waals surface area contributed by atoms with Crippen LogP contribution in [0.25, 0.3) is 16.7 Å². The van der Waals surface area contributed by atoms with Crippen molar-refractivity contribution >= 4 is 40.0 Å². The van der Waals surface area contributed by atoms with Crippen LogP contribution in [0.1, 0.15) is 22.9 Å². The molecule has 4 aromatic rings. The van der Waals surface area contributed by atoms with E-state index < -0.39 is 17.7 Å². The van der Waals surface area contributed by atoms with Gasteiger partial charge in [0.25, 0.3) is 11.7 Å². The number of aliphatic hydroxyl groups excluding tert-OH is 1. The number of likely N-dealkylation sites (tertiary alicyclic amines) is 1. The zero-order chi connectivity index (χ0) is 22.2. The quantitative estimate of drug-likeness (QED) is 0.254. The van der Waals surface area contributed by atoms with E-state index >= 15 is 0 Å². The number of benzene rings is 2. The number of amides is 1. The minimum absolute atomic E-state index is 0.00820. The molecule has 1 unspecified atom stereocenters. The molecule has 0 aliphatic carbocycles. The fourth-order valence-corrected chi connectivity index (χ4v) is 4.41. The number of furan rings is 1. The van der Waals surface area contributed by atoms with Gasteiger partial charge in [0.2, 0.25) is 0 Å². The van der Waals surface area contributed by atoms with Gasteiger partial charge in [0.1, 0.15) is 17.6 Å². The first kappa shape index (κ1) is 20.2. The summed E-state index contributed by atoms with van der Waals surface area (Å²) in [5, 5.41) is 12.5. The van der Waals surface area contributed by atoms with E-state index in [1.807, 2.05) is 30.5 Å². The van der Waals surface area contributed by atoms with Crippen molar-refractivity contribution in [3.05, 3.63) is 101 Å². The van der Waals surface area contributed by atoms with E-state index in [1.54, 1.807) is 36.4 Å². The maximum Gasteiger partial charge on any atom is 0.295 e. The van der Waals surface area contributed by atoms with E-state index in [0.29, 0.717) is 22.8 Å². The minimum Gasteiger partial charge on any atom is -0.507 e. The second kappa shape index (κ2) is 8.05. The lowest BCUT2D eigenvalue weighted by atomic mass is 9.99. The molecule has 160 valence electrons. The fraction of sp³-hybridized carbons (Fsp3) is 0.120. The number of Topliss-reactive ketones (excluding diaryl/α,β-unsaturated/α-hetero) is 1. The van der Waals surface area contributed by atoms with E-state index in [4.69, 9.17) is 16.0 Å². The highest BCUT2D eigenvalue weighted by atomic mass is 35.5. The van der Waals surface area contributed by atoms with E-state index in [-0.39, 0.29) is 17.9 Å². The molecule has 3 heterocycles. The molecule has 1 aliphatic rings. The van der Waals surface area contributed by atoms with Crippen LogP contribution in [0.5, 0.6) is 0 Å². The lowest BCUT2D eigenvalue weighted by molar-refractivity contribution is -0.140. The summed E-state index contributed by atoms with van der Waals surface area (Å²) in [7, 11) is 0. The Labute approximate surface area is 188 Å². The lowest BCUT2D eigenvalue weighted by Crippen LogP contribution is -2.31. The topological polar surface area (TPSA) is 86.5 Å². The Hall–Kier alpha value is -3.77. The Balaban J connectivity index is 1.54. The number of para-hydroxylation sites is 1. The highest BCUT2D eigenvalue weighted by molar-refractivity contribution is 6.46. The number of nitrogens with one attached hydrogen (secondary N) is 1. The molecule has 5 rings (SSSR count). The average Bonchev–Trinajstić information content (AvgIpc) is 3.52. The standard InChI is InChI=1S/C25H19ClN2O4/c26-17-6-3-5-15(13-17)23(29)21-22(20-9-4-12-32-20)28(25(31)24(21)30)11-10-16-14-27-19-8-2-1-7-18(16)19/h1-9,12-14,22,27,29H,10-11H2/b23-21-. The molecule has 2 aromatic heterocycles. The smallest absolute Gasteiger partial charge is 0.295 e. The van der Waals surface area contributed by atoms with Crippen LogP contribution >= 0.6 is 11.6 Å². The number of carbonyl (C=O) groups is 2. The Bertz CT molecular complexity index is 1350. The largest absolute Gasteiger partial charge is 0.507 e. The summed E-state index contributed by atoms with van der Waals surface area (Å²) in [5.41, 5.74) is 2.40. The molecule has 0 saturated carbocycles. The van der Waals surface area contributed by atoms with Crippen molar-refractivity contribution in [1.82, 2.24) is 9.88 Å². The highest BCUT2D eigenvalue weighted by Gasteiger charge is 2.47. The SMILES string of the molecule is O=C1C(=O)N(CCc2c[nH]c3ccccc23)C(c2ccco2)/C1=C(/O)c1cccc(Cl)c1. The summed E-state index contributed by atoms with van der Waals surface area (Å²) in [6.07, 6.45) is 3.93. The molecule has 7 heteroatoms. The molecule has 0 bridgehead atoms. The molecule has 1 amide bonds. The molecule has 2 aromatic carbocycles. The second-order valence-electron chi connectivity index (χ2n) is 7.63. The molecule has 6 nitrogen and oxygen atoms in total. The molecule has 0 spiro atoms. The molecule has 1 saturated heterocycles. The van der Waals surface area contributed by atoms with E-state index in [0.717, 1.165) is 16.5 Å². The van der Waals surface area contributed by atoms with E-state index in [9.17, 15) is 14.7 Å². The molecule has 0 radical (unpaired) electrons. The van der Waals surface area contributed by atoms with Crippen LogP contribution in [0, 0.1) is 0 Å². The predicted molar refractivity (Wildman–Crippen MR) is 121 cm³/mol. The number of rotatable bonds is 5. The van der Waals surface area contributed by atoms with Crippen LogP contribution in [-0.2, 0) is 16.0 Å². The van der Waals surface area contributed by atoms with Crippen molar-refractivity contribution in [1.29, 1.82) is 0 Å². The van der Waals surface area contributed by atoms with Gasteiger partial charge in [-0.15, -0.1) is 0 Å². The number of aliphatic hydroxyl groups is 1. The average molecular weight is 447 g/mol. The van der Waals surface area contributed by atoms with Gasteiger partial charge in [-0.3, -0.25) is 9.59 Å². The number of ketones is 1. The van der Waals surface area contributed by atoms with Gasteiger partial charge in [-0.2, -0.15) is 0 Å². The van der Waals surface area contributed by atoms with Crippen LogP contribution in [-0.4, -0.2) is 33.2 Å². The summed E-state index contributed by atoms with van der Waals surface area (Å²) >= 11 is 6.06. The Morgan fingerprint density at radius 1 is 1.09 bits per heavy atom. The maximum absolute atomic E-state index is 13.0. The number of halogens is 1. The number of hydrogen-bond donors (Lipinski definition) is 2. The first-order valence-corrected chi connectivity index (χ1v) is 10.5. The number of carbonyl (C=O) groups excluding carboxylic acids is 2. The first-order chi connectivity index (χ1) is 15.5. The van der Waals surface area contributed by atoms with Crippen LogP contribution in [0.4, 0.5) is 0 Å². The maximum atomic E-state index is 13.0. The Kier molecular flexibility index (Phi) is 5.07. The normalized spacial score (nSPS) is 18.0. The van der Waals surface area contributed by atoms with Crippen LogP contribution in [0.3, 0.4) is 0 Å². The molecule has 2 N–H and O–H groups in total. The van der Waals surface area contributed by atoms with Gasteiger partial charge in [0, 0.05) is 34.2 Å². The van der Waals surface area contributed by atoms with Crippen molar-refractivity contribution in [2.45, 2.75) is 12.5 Å². The third-order valence-electron chi connectivity index (χ3n) is 5.75. The molecule has 1 atom stereocenters. The van der Waals surface area contributed by atoms with Gasteiger partial charge < -0.3 is 19.4 Å². The molecular formula is C25H19ClN2O4. The molecule has 1 fully saturated rings. The highest BCUT2D eigenvalue weighted by Crippen LogP contribution is 2.40. The third kappa shape index (κ3) is 3.39. The minimum atomic E-state index is -0.825. The van der Waals surface area contributed by atoms with Gasteiger partial charge >= 0.3 is 0 Å². The van der Waals surface area contributed by atoms with Gasteiger partial charge in [-0.25, -0.2) is 0 Å². The summed E-state index contributed by atoms with van der Waals surface area (Å²) in [6.45, 7) is 0.282. The van der Waals surface area contributed by atoms with E-state index in [2.05, 4.69) is 4.98 Å². The summed E-state index contributed by atoms with van der Waals surface area (Å²) in [6, 6.07) is 17.0. The van der Waals surface area contributed by atoms with Gasteiger partial charge in [0.15, 0.2) is 0 Å². The molecular weight excluding hydrogens is 428 g/mol. The van der Waals surface area contributed by atoms with Gasteiger partial charge in [-0.1, -0.05) is 41.9 Å². The molecule has 1 aliphatic heterocycles. The van der Waals surface area contributed by atoms with Gasteiger partial charge in [0.05, 0.1) is 11.8 Å². The van der Waals surface area contributed by atoms with Crippen LogP contribution < -0.4 is 0 Å². The van der Waals surface area contributed by atoms with Crippen molar-refractivity contribution in [2.75, 3.05) is 6.54 Å². The van der Waals surface area contributed by atoms with Crippen molar-refractivity contribution in [3.8, 4) is 0 Å². The zero-order valence-electron chi connectivity index (χ0n) is 16.9. The second-order valence-corrected chi connectivity index (χ2v) is 8.06. The van der Waals surface area contributed by atoms with Crippen molar-refractivity contribution in [2.24, 2.45) is 0 Å². The number of fused-ring (bicyclic) bond motifs is 1. The Morgan fingerprint density at radius 3 is 2.72 bits per heavy atom. The summed E-state index contributed by atoms with van der Waals surface area (Å²) in [5.74, 6) is -1.29. The number of aromatic amines is 1. The third-order valence-corrected chi connectivity index (χ3v) is 5.98. The predicted octanol–water partition coefficient (Wildman–Crippen LogP) is 5.08. The number of nitrogens with zero attached hydrogens (tertiary/aromatic N) is 1. The van der Waals surface area contributed by atoms with Crippen molar-refractivity contribution in [3.63, 3.8) is 0 Å². The number of hydrogen-bond acceptors (Lipinski definition) is 4. The van der Waals surface area contributed by atoms with Crippen molar-refractivity contribution < 1.29 is 19.1 Å². The first-order valence-electron chi connectivity index (χ1n) is 10.2. The van der Waals surface area contributed by atoms with Gasteiger partial charge in [-0.05, 0) is 42.3 Å². The zero-order valence-corrected chi connectivity index (χ0v) is 17.7. The fourth-order valence-electron chi connectivity index (χ4n) is 4.22. The molecule has 32 heavy (non-hydrogen) atoms. The van der Waals surface area contributed by atoms with E-state index in [1.165, 1.54) is 11.2 Å². The van der Waals surface area contributed by atoms with Crippen LogP contribution in [0.2, 0.25) is 5.02 Å². The lowest BCUT2D eigenvalue weighted by Gasteiger charge is -2.23. The summed E-state index contributed by atoms with van der Waals surface area (Å²) < 4.78 is 5.57. The Morgan fingerprint density at radius 2 is 1.94 bits per heavy atom. The summed E-state index contributed by atoms with van der Waals surface area (Å²) in [4.78, 5) is 30.7. The monoisotopic (exact) mass is 446 g/mol. The number of H-pyrrole nitrogens is 1. The van der Waals surface area contributed by atoms with Crippen LogP contribution in [0.15, 0.2) is 83.1 Å². The number of aromatic nitrogens is 1.